The molecule has 0 radical (unpaired) electrons. The molecular weight excluding hydrogens is 344 g/mol. The maximum absolute atomic E-state index is 10.7. The van der Waals surface area contributed by atoms with Crippen LogP contribution in [0.4, 0.5) is 0 Å². The van der Waals surface area contributed by atoms with E-state index in [9.17, 15) is 5.11 Å². The highest BCUT2D eigenvalue weighted by Gasteiger charge is 2.59. The van der Waals surface area contributed by atoms with Gasteiger partial charge in [-0.25, -0.2) is 0 Å². The fraction of sp³-hybridized carbons (Fsp3) is 0.818. The molecule has 1 heterocycles. The first-order chi connectivity index (χ1) is 11.9. The van der Waals surface area contributed by atoms with E-state index >= 15 is 0 Å². The van der Waals surface area contributed by atoms with Gasteiger partial charge in [0.25, 0.3) is 0 Å². The molecule has 1 aliphatic heterocycles. The van der Waals surface area contributed by atoms with Crippen LogP contribution in [0.5, 0.6) is 0 Å². The van der Waals surface area contributed by atoms with Gasteiger partial charge in [-0.15, -0.1) is 23.5 Å². The van der Waals surface area contributed by atoms with E-state index in [2.05, 4.69) is 50.0 Å². The normalized spacial score (nSPS) is 51.0. The van der Waals surface area contributed by atoms with Crippen LogP contribution in [0.3, 0.4) is 0 Å². The topological polar surface area (TPSA) is 20.2 Å². The molecule has 25 heavy (non-hydrogen) atoms. The van der Waals surface area contributed by atoms with Crippen LogP contribution in [-0.4, -0.2) is 26.8 Å². The molecule has 1 nitrogen and oxygen atoms in total. The predicted molar refractivity (Wildman–Crippen MR) is 110 cm³/mol. The Morgan fingerprint density at radius 3 is 2.72 bits per heavy atom. The predicted octanol–water partition coefficient (Wildman–Crippen LogP) is 5.51. The molecule has 7 atom stereocenters. The lowest BCUT2D eigenvalue weighted by molar-refractivity contribution is -0.0431. The second-order valence-corrected chi connectivity index (χ2v) is 12.8. The largest absolute Gasteiger partial charge is 0.393 e. The standard InChI is InChI=1S/C22H32OS2/c1-13-10-15-12-22(24-8-9-25-22)7-6-16(15)19-14(2)11-21(3)17(20(13)19)4-5-18(21)23/h12-13,16-20,23H,2,4-11H2,1,3H3/t13?,16?,17?,18-,19?,20?,21-/m0/s1. The summed E-state index contributed by atoms with van der Waals surface area (Å²) in [7, 11) is 0. The number of thioether (sulfide) groups is 2. The molecule has 4 aliphatic carbocycles. The molecule has 0 aromatic carbocycles. The number of allylic oxidation sites excluding steroid dienone is 2. The molecule has 0 aromatic heterocycles. The van der Waals surface area contributed by atoms with Crippen molar-refractivity contribution in [1.82, 2.24) is 0 Å². The molecule has 0 aromatic rings. The van der Waals surface area contributed by atoms with Gasteiger partial charge in [0.2, 0.25) is 0 Å². The summed E-state index contributed by atoms with van der Waals surface area (Å²) in [6.07, 6.45) is 9.92. The van der Waals surface area contributed by atoms with Crippen molar-refractivity contribution in [2.24, 2.45) is 35.0 Å². The van der Waals surface area contributed by atoms with E-state index in [-0.39, 0.29) is 11.5 Å². The first-order valence-electron chi connectivity index (χ1n) is 10.3. The minimum Gasteiger partial charge on any atom is -0.393 e. The first kappa shape index (κ1) is 17.3. The monoisotopic (exact) mass is 376 g/mol. The smallest absolute Gasteiger partial charge is 0.0794 e. The summed E-state index contributed by atoms with van der Waals surface area (Å²) < 4.78 is 0.409. The van der Waals surface area contributed by atoms with Crippen LogP contribution in [0.25, 0.3) is 0 Å². The maximum atomic E-state index is 10.7. The van der Waals surface area contributed by atoms with Gasteiger partial charge < -0.3 is 5.11 Å². The van der Waals surface area contributed by atoms with E-state index in [1.807, 2.05) is 0 Å². The average Bonchev–Trinajstić information content (AvgIpc) is 3.12. The molecule has 138 valence electrons. The summed E-state index contributed by atoms with van der Waals surface area (Å²) in [5.74, 6) is 6.29. The van der Waals surface area contributed by atoms with Crippen LogP contribution in [-0.2, 0) is 0 Å². The third-order valence-electron chi connectivity index (χ3n) is 8.43. The molecular formula is C22H32OS2. The summed E-state index contributed by atoms with van der Waals surface area (Å²) in [4.78, 5) is 0. The van der Waals surface area contributed by atoms with Crippen molar-refractivity contribution in [3.8, 4) is 0 Å². The summed E-state index contributed by atoms with van der Waals surface area (Å²) in [6.45, 7) is 9.46. The van der Waals surface area contributed by atoms with Gasteiger partial charge in [0, 0.05) is 16.9 Å². The van der Waals surface area contributed by atoms with E-state index in [0.717, 1.165) is 30.6 Å². The zero-order valence-corrected chi connectivity index (χ0v) is 17.3. The minimum atomic E-state index is -0.111. The molecule has 0 amide bonds. The van der Waals surface area contributed by atoms with E-state index in [1.54, 1.807) is 5.57 Å². The lowest BCUT2D eigenvalue weighted by atomic mass is 9.48. The van der Waals surface area contributed by atoms with E-state index in [1.165, 1.54) is 42.8 Å². The van der Waals surface area contributed by atoms with Crippen LogP contribution in [0, 0.1) is 35.0 Å². The number of hydrogen-bond acceptors (Lipinski definition) is 3. The number of fused-ring (bicyclic) bond motifs is 5. The zero-order valence-electron chi connectivity index (χ0n) is 15.7. The molecule has 1 spiro atoms. The maximum Gasteiger partial charge on any atom is 0.0794 e. The molecule has 3 heteroatoms. The van der Waals surface area contributed by atoms with Gasteiger partial charge in [-0.05, 0) is 68.1 Å². The lowest BCUT2D eigenvalue weighted by Gasteiger charge is -2.57. The second-order valence-electron chi connectivity index (χ2n) is 9.70. The van der Waals surface area contributed by atoms with Crippen LogP contribution >= 0.6 is 23.5 Å². The summed E-state index contributed by atoms with van der Waals surface area (Å²) in [6, 6.07) is 0. The Kier molecular flexibility index (Phi) is 4.01. The highest BCUT2D eigenvalue weighted by atomic mass is 32.2. The molecule has 3 saturated carbocycles. The van der Waals surface area contributed by atoms with Crippen molar-refractivity contribution in [3.05, 3.63) is 23.8 Å². The molecule has 5 aliphatic rings. The number of rotatable bonds is 0. The Morgan fingerprint density at radius 1 is 1.20 bits per heavy atom. The Bertz CT molecular complexity index is 620. The summed E-state index contributed by atoms with van der Waals surface area (Å²) in [5.41, 5.74) is 3.33. The SMILES string of the molecule is C=C1C[C@@]2(C)C(CC[C@@H]2O)C2C(C)CC3=CC4(CCC3C12)SCCS4. The van der Waals surface area contributed by atoms with Crippen LogP contribution in [0.15, 0.2) is 23.8 Å². The molecule has 1 N–H and O–H groups in total. The van der Waals surface area contributed by atoms with Gasteiger partial charge in [-0.3, -0.25) is 0 Å². The fourth-order valence-electron chi connectivity index (χ4n) is 7.39. The van der Waals surface area contributed by atoms with E-state index < -0.39 is 0 Å². The van der Waals surface area contributed by atoms with Gasteiger partial charge in [0.15, 0.2) is 0 Å². The van der Waals surface area contributed by atoms with Crippen molar-refractivity contribution in [3.63, 3.8) is 0 Å². The highest BCUT2D eigenvalue weighted by Crippen LogP contribution is 2.66. The Balaban J connectivity index is 1.51. The highest BCUT2D eigenvalue weighted by molar-refractivity contribution is 8.21. The second kappa shape index (κ2) is 5.82. The Hall–Kier alpha value is 0.140. The van der Waals surface area contributed by atoms with Gasteiger partial charge >= 0.3 is 0 Å². The van der Waals surface area contributed by atoms with E-state index in [4.69, 9.17) is 0 Å². The van der Waals surface area contributed by atoms with Crippen molar-refractivity contribution in [1.29, 1.82) is 0 Å². The minimum absolute atomic E-state index is 0.0980. The number of hydrogen-bond donors (Lipinski definition) is 1. The van der Waals surface area contributed by atoms with Crippen LogP contribution < -0.4 is 0 Å². The van der Waals surface area contributed by atoms with Crippen molar-refractivity contribution < 1.29 is 5.11 Å². The van der Waals surface area contributed by atoms with Crippen molar-refractivity contribution in [2.75, 3.05) is 11.5 Å². The third-order valence-corrected chi connectivity index (χ3v) is 11.8. The lowest BCUT2D eigenvalue weighted by Crippen LogP contribution is -2.51. The quantitative estimate of drug-likeness (QED) is 0.563. The van der Waals surface area contributed by atoms with Gasteiger partial charge in [-0.1, -0.05) is 37.6 Å². The molecule has 5 unspecified atom stereocenters. The fourth-order valence-corrected chi connectivity index (χ4v) is 10.6. The third kappa shape index (κ3) is 2.41. The molecule has 5 rings (SSSR count). The number of aliphatic hydroxyl groups excluding tert-OH is 1. The molecule has 4 fully saturated rings. The first-order valence-corrected chi connectivity index (χ1v) is 12.3. The van der Waals surface area contributed by atoms with Gasteiger partial charge in [0.1, 0.15) is 0 Å². The Morgan fingerprint density at radius 2 is 1.96 bits per heavy atom. The molecule has 1 saturated heterocycles. The van der Waals surface area contributed by atoms with Gasteiger partial charge in [0.05, 0.1) is 10.2 Å². The summed E-state index contributed by atoms with van der Waals surface area (Å²) >= 11 is 4.40. The Labute approximate surface area is 161 Å². The summed E-state index contributed by atoms with van der Waals surface area (Å²) in [5, 5.41) is 10.7. The zero-order chi connectivity index (χ0) is 17.4. The van der Waals surface area contributed by atoms with Crippen LogP contribution in [0.2, 0.25) is 0 Å². The number of aliphatic hydroxyl groups is 1. The van der Waals surface area contributed by atoms with Crippen molar-refractivity contribution in [2.45, 2.75) is 62.6 Å². The van der Waals surface area contributed by atoms with Crippen molar-refractivity contribution >= 4 is 23.5 Å². The van der Waals surface area contributed by atoms with Gasteiger partial charge in [-0.2, -0.15) is 0 Å². The van der Waals surface area contributed by atoms with E-state index in [0.29, 0.717) is 15.9 Å². The molecule has 0 bridgehead atoms. The van der Waals surface area contributed by atoms with Crippen LogP contribution in [0.1, 0.15) is 52.4 Å². The average molecular weight is 377 g/mol.